The van der Waals surface area contributed by atoms with E-state index in [1.54, 1.807) is 13.4 Å². The fourth-order valence-corrected chi connectivity index (χ4v) is 5.55. The minimum Gasteiger partial charge on any atom is -0.479 e. The molecule has 3 aliphatic heterocycles. The summed E-state index contributed by atoms with van der Waals surface area (Å²) in [5.41, 5.74) is 7.76. The van der Waals surface area contributed by atoms with E-state index in [-0.39, 0.29) is 17.5 Å². The van der Waals surface area contributed by atoms with Gasteiger partial charge in [0.15, 0.2) is 5.84 Å². The topological polar surface area (TPSA) is 86.0 Å². The van der Waals surface area contributed by atoms with Gasteiger partial charge in [-0.25, -0.2) is 15.4 Å². The number of hydroxylamine groups is 1. The maximum Gasteiger partial charge on any atom is 0.238 e. The Balaban J connectivity index is 1.37. The van der Waals surface area contributed by atoms with E-state index in [1.165, 1.54) is 11.3 Å². The summed E-state index contributed by atoms with van der Waals surface area (Å²) in [6.45, 7) is 6.96. The van der Waals surface area contributed by atoms with Crippen molar-refractivity contribution in [1.82, 2.24) is 20.0 Å². The molecule has 6 rings (SSSR count). The van der Waals surface area contributed by atoms with Crippen LogP contribution in [0.4, 0.5) is 5.69 Å². The number of aromatic nitrogens is 3. The van der Waals surface area contributed by atoms with E-state index < -0.39 is 0 Å². The van der Waals surface area contributed by atoms with Gasteiger partial charge in [-0.3, -0.25) is 9.83 Å². The largest absolute Gasteiger partial charge is 0.479 e. The van der Waals surface area contributed by atoms with Gasteiger partial charge in [-0.2, -0.15) is 0 Å². The minimum absolute atomic E-state index is 0.0853. The molecule has 1 aromatic carbocycles. The van der Waals surface area contributed by atoms with Crippen molar-refractivity contribution in [1.29, 1.82) is 0 Å². The van der Waals surface area contributed by atoms with E-state index in [1.807, 2.05) is 29.8 Å². The lowest BCUT2D eigenvalue weighted by Crippen LogP contribution is -2.58. The van der Waals surface area contributed by atoms with Gasteiger partial charge in [0.25, 0.3) is 0 Å². The zero-order valence-corrected chi connectivity index (χ0v) is 19.6. The van der Waals surface area contributed by atoms with Gasteiger partial charge in [-0.05, 0) is 37.6 Å². The van der Waals surface area contributed by atoms with Gasteiger partial charge in [-0.15, -0.1) is 0 Å². The number of aryl methyl sites for hydroxylation is 1. The van der Waals surface area contributed by atoms with Crippen LogP contribution in [0.2, 0.25) is 0 Å². The Morgan fingerprint density at radius 3 is 2.88 bits per heavy atom. The lowest BCUT2D eigenvalue weighted by atomic mass is 9.78. The highest BCUT2D eigenvalue weighted by Gasteiger charge is 2.53. The molecule has 5 heterocycles. The first-order valence-corrected chi connectivity index (χ1v) is 11.5. The summed E-state index contributed by atoms with van der Waals surface area (Å²) in [5, 5.41) is 0. The van der Waals surface area contributed by atoms with Gasteiger partial charge in [0.1, 0.15) is 11.4 Å². The quantitative estimate of drug-likeness (QED) is 0.641. The summed E-state index contributed by atoms with van der Waals surface area (Å²) in [6, 6.07) is 12.4. The summed E-state index contributed by atoms with van der Waals surface area (Å²) >= 11 is 0. The summed E-state index contributed by atoms with van der Waals surface area (Å²) in [6.07, 6.45) is 3.69. The van der Waals surface area contributed by atoms with Gasteiger partial charge in [0, 0.05) is 24.3 Å². The zero-order chi connectivity index (χ0) is 23.3. The first-order chi connectivity index (χ1) is 16.6. The molecule has 1 fully saturated rings. The Labute approximate surface area is 198 Å². The van der Waals surface area contributed by atoms with Crippen molar-refractivity contribution in [3.8, 4) is 11.6 Å². The molecule has 0 bridgehead atoms. The number of hydrogen-bond donors (Lipinski definition) is 1. The molecule has 3 atom stereocenters. The molecular weight excluding hydrogens is 432 g/mol. The third kappa shape index (κ3) is 3.26. The number of pyridine rings is 1. The van der Waals surface area contributed by atoms with E-state index >= 15 is 0 Å². The molecule has 176 valence electrons. The van der Waals surface area contributed by atoms with E-state index in [0.29, 0.717) is 30.6 Å². The Kier molecular flexibility index (Phi) is 5.04. The number of anilines is 1. The lowest BCUT2D eigenvalue weighted by molar-refractivity contribution is 0.0215. The average molecular weight is 461 g/mol. The molecule has 3 aliphatic rings. The van der Waals surface area contributed by atoms with Crippen molar-refractivity contribution in [2.24, 2.45) is 4.99 Å². The molecule has 0 amide bonds. The third-order valence-electron chi connectivity index (χ3n) is 7.07. The van der Waals surface area contributed by atoms with Crippen LogP contribution in [0, 0.1) is 6.92 Å². The SMILES string of the molecule is COc1nc(C2=NC(C3c4ccccc4N4CCOCC34C)CON2)ccc1-n1cnc(C)c1. The highest BCUT2D eigenvalue weighted by atomic mass is 16.6. The lowest BCUT2D eigenvalue weighted by Gasteiger charge is -2.46. The second kappa shape index (κ2) is 8.11. The van der Waals surface area contributed by atoms with Crippen LogP contribution >= 0.6 is 0 Å². The number of morpholine rings is 1. The second-order valence-electron chi connectivity index (χ2n) is 9.20. The first kappa shape index (κ1) is 21.1. The number of benzene rings is 1. The van der Waals surface area contributed by atoms with Crippen LogP contribution in [-0.2, 0) is 9.57 Å². The Morgan fingerprint density at radius 2 is 2.06 bits per heavy atom. The third-order valence-corrected chi connectivity index (χ3v) is 7.07. The minimum atomic E-state index is -0.184. The van der Waals surface area contributed by atoms with Gasteiger partial charge in [0.2, 0.25) is 5.88 Å². The molecule has 3 unspecified atom stereocenters. The predicted molar refractivity (Wildman–Crippen MR) is 128 cm³/mol. The van der Waals surface area contributed by atoms with Crippen LogP contribution in [0.15, 0.2) is 53.9 Å². The molecule has 1 saturated heterocycles. The molecule has 0 aliphatic carbocycles. The number of amidine groups is 1. The number of methoxy groups -OCH3 is 1. The monoisotopic (exact) mass is 460 g/mol. The van der Waals surface area contributed by atoms with Crippen LogP contribution in [0.1, 0.15) is 29.8 Å². The zero-order valence-electron chi connectivity index (χ0n) is 19.6. The summed E-state index contributed by atoms with van der Waals surface area (Å²) in [4.78, 5) is 22.5. The summed E-state index contributed by atoms with van der Waals surface area (Å²) < 4.78 is 13.4. The molecular formula is C25H28N6O3. The number of nitrogens with one attached hydrogen (secondary N) is 1. The molecule has 0 radical (unpaired) electrons. The summed E-state index contributed by atoms with van der Waals surface area (Å²) in [7, 11) is 1.61. The van der Waals surface area contributed by atoms with Gasteiger partial charge < -0.3 is 18.9 Å². The summed E-state index contributed by atoms with van der Waals surface area (Å²) in [5.74, 6) is 1.22. The van der Waals surface area contributed by atoms with Crippen molar-refractivity contribution in [3.05, 3.63) is 65.9 Å². The van der Waals surface area contributed by atoms with E-state index in [4.69, 9.17) is 24.3 Å². The van der Waals surface area contributed by atoms with Crippen molar-refractivity contribution >= 4 is 11.5 Å². The number of ether oxygens (including phenoxy) is 2. The van der Waals surface area contributed by atoms with Gasteiger partial charge in [-0.1, -0.05) is 18.2 Å². The predicted octanol–water partition coefficient (Wildman–Crippen LogP) is 2.63. The van der Waals surface area contributed by atoms with E-state index in [0.717, 1.165) is 24.5 Å². The van der Waals surface area contributed by atoms with Crippen LogP contribution in [0.25, 0.3) is 5.69 Å². The number of hydrogen-bond acceptors (Lipinski definition) is 8. The van der Waals surface area contributed by atoms with Crippen molar-refractivity contribution in [2.45, 2.75) is 31.3 Å². The second-order valence-corrected chi connectivity index (χ2v) is 9.20. The van der Waals surface area contributed by atoms with Crippen LogP contribution in [-0.4, -0.2) is 65.4 Å². The maximum absolute atomic E-state index is 5.95. The molecule has 9 nitrogen and oxygen atoms in total. The molecule has 2 aromatic heterocycles. The van der Waals surface area contributed by atoms with Crippen LogP contribution in [0.5, 0.6) is 5.88 Å². The number of para-hydroxylation sites is 1. The highest BCUT2D eigenvalue weighted by molar-refractivity contribution is 5.97. The van der Waals surface area contributed by atoms with Gasteiger partial charge in [0.05, 0.1) is 50.5 Å². The highest BCUT2D eigenvalue weighted by Crippen LogP contribution is 2.51. The molecule has 0 spiro atoms. The normalized spacial score (nSPS) is 25.9. The molecule has 9 heteroatoms. The standard InChI is InChI=1S/C25H28N6O3/c1-16-12-30(15-26-16)21-9-8-18(28-24(21)32-3)23-27-19(13-34-29-23)22-17-6-4-5-7-20(17)31-10-11-33-14-25(22,31)2/h4-9,12,15,19,22H,10-11,13-14H2,1-3H3,(H,27,29). The van der Waals surface area contributed by atoms with Crippen molar-refractivity contribution in [2.75, 3.05) is 38.4 Å². The number of imidazole rings is 1. The fraction of sp³-hybridized carbons (Fsp3) is 0.400. The Hall–Kier alpha value is -3.43. The van der Waals surface area contributed by atoms with Gasteiger partial charge >= 0.3 is 0 Å². The fourth-order valence-electron chi connectivity index (χ4n) is 5.55. The molecule has 0 saturated carbocycles. The molecule has 3 aromatic rings. The smallest absolute Gasteiger partial charge is 0.238 e. The molecule has 1 N–H and O–H groups in total. The number of rotatable bonds is 4. The Morgan fingerprint density at radius 1 is 1.18 bits per heavy atom. The molecule has 34 heavy (non-hydrogen) atoms. The average Bonchev–Trinajstić information content (AvgIpc) is 3.41. The van der Waals surface area contributed by atoms with E-state index in [2.05, 4.69) is 46.6 Å². The first-order valence-electron chi connectivity index (χ1n) is 11.5. The maximum atomic E-state index is 5.95. The van der Waals surface area contributed by atoms with E-state index in [9.17, 15) is 0 Å². The van der Waals surface area contributed by atoms with Crippen molar-refractivity contribution in [3.63, 3.8) is 0 Å². The van der Waals surface area contributed by atoms with Crippen LogP contribution in [0.3, 0.4) is 0 Å². The number of fused-ring (bicyclic) bond motifs is 3. The van der Waals surface area contributed by atoms with Crippen molar-refractivity contribution < 1.29 is 14.3 Å². The number of aliphatic imine (C=N–C) groups is 1. The van der Waals surface area contributed by atoms with Crippen LogP contribution < -0.4 is 15.1 Å². The number of nitrogens with zero attached hydrogens (tertiary/aromatic N) is 5. The Bertz CT molecular complexity index is 1260.